The van der Waals surface area contributed by atoms with Crippen LogP contribution < -0.4 is 4.74 Å². The van der Waals surface area contributed by atoms with Crippen molar-refractivity contribution in [2.24, 2.45) is 0 Å². The molecule has 0 bridgehead atoms. The van der Waals surface area contributed by atoms with Crippen LogP contribution in [0.15, 0.2) is 24.5 Å². The van der Waals surface area contributed by atoms with Gasteiger partial charge in [-0.25, -0.2) is 0 Å². The van der Waals surface area contributed by atoms with E-state index < -0.39 is 0 Å². The van der Waals surface area contributed by atoms with Crippen LogP contribution in [0.2, 0.25) is 0 Å². The monoisotopic (exact) mass is 164 g/mol. The fourth-order valence-electron chi connectivity index (χ4n) is 1.08. The van der Waals surface area contributed by atoms with Crippen molar-refractivity contribution in [2.45, 2.75) is 0 Å². The zero-order valence-electron chi connectivity index (χ0n) is 6.56. The second kappa shape index (κ2) is 2.41. The minimum absolute atomic E-state index is 0.0169. The topological polar surface area (TPSA) is 46.8 Å². The van der Waals surface area contributed by atoms with Gasteiger partial charge in [0.25, 0.3) is 0 Å². The van der Waals surface area contributed by atoms with Gasteiger partial charge in [-0.2, -0.15) is 4.98 Å². The first-order chi connectivity index (χ1) is 5.79. The van der Waals surface area contributed by atoms with E-state index in [1.807, 2.05) is 0 Å². The summed E-state index contributed by atoms with van der Waals surface area (Å²) in [6.45, 7) is 0. The van der Waals surface area contributed by atoms with E-state index in [-0.39, 0.29) is 5.88 Å². The normalized spacial score (nSPS) is 10.4. The van der Waals surface area contributed by atoms with Gasteiger partial charge < -0.3 is 14.2 Å². The molecule has 0 atom stereocenters. The Morgan fingerprint density at radius 2 is 2.42 bits per heavy atom. The van der Waals surface area contributed by atoms with Gasteiger partial charge in [-0.3, -0.25) is 0 Å². The van der Waals surface area contributed by atoms with Gasteiger partial charge in [-0.15, -0.1) is 0 Å². The van der Waals surface area contributed by atoms with Gasteiger partial charge in [0, 0.05) is 12.3 Å². The molecule has 0 amide bonds. The predicted octanol–water partition coefficient (Wildman–Crippen LogP) is 1.05. The van der Waals surface area contributed by atoms with E-state index >= 15 is 0 Å². The maximum atomic E-state index is 9.05. The Morgan fingerprint density at radius 3 is 3.17 bits per heavy atom. The predicted molar refractivity (Wildman–Crippen MR) is 43.4 cm³/mol. The molecule has 0 aliphatic rings. The molecule has 2 heterocycles. The first-order valence-corrected chi connectivity index (χ1v) is 3.51. The molecule has 0 spiro atoms. The standard InChI is InChI=1S/C8H8N2O2/c1-12-6-2-3-10-5-8(11)9-7(10)4-6/h2-5,11H,1H3. The lowest BCUT2D eigenvalue weighted by Crippen LogP contribution is -1.85. The van der Waals surface area contributed by atoms with Crippen molar-refractivity contribution < 1.29 is 9.84 Å². The molecule has 0 aromatic carbocycles. The molecule has 2 rings (SSSR count). The molecule has 0 aliphatic carbocycles. The Bertz CT molecular complexity index is 408. The number of hydrogen-bond acceptors (Lipinski definition) is 3. The Labute approximate surface area is 69.0 Å². The maximum Gasteiger partial charge on any atom is 0.230 e. The lowest BCUT2D eigenvalue weighted by molar-refractivity contribution is 0.414. The fourth-order valence-corrected chi connectivity index (χ4v) is 1.08. The first kappa shape index (κ1) is 6.97. The molecule has 0 aliphatic heterocycles. The number of ether oxygens (including phenoxy) is 1. The number of hydrogen-bond donors (Lipinski definition) is 1. The van der Waals surface area contributed by atoms with Gasteiger partial charge >= 0.3 is 0 Å². The third kappa shape index (κ3) is 0.972. The molecular formula is C8H8N2O2. The summed E-state index contributed by atoms with van der Waals surface area (Å²) in [5.41, 5.74) is 0.673. The molecule has 0 saturated heterocycles. The molecule has 4 nitrogen and oxygen atoms in total. The average Bonchev–Trinajstić information content (AvgIpc) is 2.43. The molecule has 12 heavy (non-hydrogen) atoms. The highest BCUT2D eigenvalue weighted by atomic mass is 16.5. The van der Waals surface area contributed by atoms with E-state index in [0.717, 1.165) is 5.75 Å². The highest BCUT2D eigenvalue weighted by Gasteiger charge is 1.99. The molecule has 0 saturated carbocycles. The molecule has 1 N–H and O–H groups in total. The van der Waals surface area contributed by atoms with Crippen LogP contribution in [-0.4, -0.2) is 21.6 Å². The molecule has 0 radical (unpaired) electrons. The number of aromatic hydroxyl groups is 1. The summed E-state index contributed by atoms with van der Waals surface area (Å²) >= 11 is 0. The average molecular weight is 164 g/mol. The van der Waals surface area contributed by atoms with Gasteiger partial charge in [-0.1, -0.05) is 0 Å². The lowest BCUT2D eigenvalue weighted by atomic mass is 10.4. The third-order valence-corrected chi connectivity index (χ3v) is 1.65. The minimum Gasteiger partial charge on any atom is -0.497 e. The second-order valence-corrected chi connectivity index (χ2v) is 2.43. The number of nitrogens with zero attached hydrogens (tertiary/aromatic N) is 2. The largest absolute Gasteiger partial charge is 0.497 e. The van der Waals surface area contributed by atoms with Gasteiger partial charge in [0.15, 0.2) is 0 Å². The molecule has 0 fully saturated rings. The van der Waals surface area contributed by atoms with E-state index in [4.69, 9.17) is 9.84 Å². The smallest absolute Gasteiger partial charge is 0.230 e. The van der Waals surface area contributed by atoms with Crippen LogP contribution in [0.25, 0.3) is 5.65 Å². The highest BCUT2D eigenvalue weighted by Crippen LogP contribution is 2.15. The molecule has 2 aromatic rings. The van der Waals surface area contributed by atoms with E-state index in [9.17, 15) is 0 Å². The summed E-state index contributed by atoms with van der Waals surface area (Å²) in [5, 5.41) is 9.05. The molecular weight excluding hydrogens is 156 g/mol. The fraction of sp³-hybridized carbons (Fsp3) is 0.125. The first-order valence-electron chi connectivity index (χ1n) is 3.51. The number of imidazole rings is 1. The number of rotatable bonds is 1. The van der Waals surface area contributed by atoms with Crippen LogP contribution in [0.5, 0.6) is 11.6 Å². The van der Waals surface area contributed by atoms with Crippen molar-refractivity contribution in [1.82, 2.24) is 9.38 Å². The van der Waals surface area contributed by atoms with Gasteiger partial charge in [-0.05, 0) is 6.07 Å². The highest BCUT2D eigenvalue weighted by molar-refractivity contribution is 5.46. The number of pyridine rings is 1. The summed E-state index contributed by atoms with van der Waals surface area (Å²) in [5.74, 6) is 0.747. The van der Waals surface area contributed by atoms with Crippen LogP contribution in [0, 0.1) is 0 Å². The van der Waals surface area contributed by atoms with E-state index in [1.165, 1.54) is 6.20 Å². The Kier molecular flexibility index (Phi) is 1.40. The van der Waals surface area contributed by atoms with Gasteiger partial charge in [0.1, 0.15) is 11.4 Å². The Hall–Kier alpha value is -1.71. The van der Waals surface area contributed by atoms with Crippen LogP contribution in [-0.2, 0) is 0 Å². The van der Waals surface area contributed by atoms with Gasteiger partial charge in [0.05, 0.1) is 13.3 Å². The zero-order valence-corrected chi connectivity index (χ0v) is 6.56. The van der Waals surface area contributed by atoms with Crippen molar-refractivity contribution in [2.75, 3.05) is 7.11 Å². The van der Waals surface area contributed by atoms with Crippen molar-refractivity contribution in [3.05, 3.63) is 24.5 Å². The van der Waals surface area contributed by atoms with Crippen LogP contribution in [0.3, 0.4) is 0 Å². The summed E-state index contributed by atoms with van der Waals surface area (Å²) in [4.78, 5) is 3.86. The number of fused-ring (bicyclic) bond motifs is 1. The SMILES string of the molecule is COc1ccn2cc(O)nc2c1. The summed E-state index contributed by atoms with van der Waals surface area (Å²) in [6, 6.07) is 3.55. The van der Waals surface area contributed by atoms with Crippen molar-refractivity contribution in [3.8, 4) is 11.6 Å². The van der Waals surface area contributed by atoms with E-state index in [0.29, 0.717) is 5.65 Å². The van der Waals surface area contributed by atoms with Crippen LogP contribution in [0.1, 0.15) is 0 Å². The number of aromatic nitrogens is 2. The van der Waals surface area contributed by atoms with Gasteiger partial charge in [0.2, 0.25) is 5.88 Å². The quantitative estimate of drug-likeness (QED) is 0.685. The molecule has 62 valence electrons. The Balaban J connectivity index is 2.66. The lowest BCUT2D eigenvalue weighted by Gasteiger charge is -1.98. The summed E-state index contributed by atoms with van der Waals surface area (Å²) in [6.07, 6.45) is 3.32. The third-order valence-electron chi connectivity index (χ3n) is 1.65. The van der Waals surface area contributed by atoms with Crippen LogP contribution in [0.4, 0.5) is 0 Å². The van der Waals surface area contributed by atoms with Crippen molar-refractivity contribution in [1.29, 1.82) is 0 Å². The van der Waals surface area contributed by atoms with E-state index in [1.54, 1.807) is 29.8 Å². The Morgan fingerprint density at radius 1 is 1.58 bits per heavy atom. The minimum atomic E-state index is 0.0169. The molecule has 0 unspecified atom stereocenters. The summed E-state index contributed by atoms with van der Waals surface area (Å²) < 4.78 is 6.72. The summed E-state index contributed by atoms with van der Waals surface area (Å²) in [7, 11) is 1.59. The molecule has 4 heteroatoms. The van der Waals surface area contributed by atoms with Crippen molar-refractivity contribution in [3.63, 3.8) is 0 Å². The number of methoxy groups -OCH3 is 1. The van der Waals surface area contributed by atoms with Crippen LogP contribution >= 0.6 is 0 Å². The van der Waals surface area contributed by atoms with Crippen molar-refractivity contribution >= 4 is 5.65 Å². The zero-order chi connectivity index (χ0) is 8.55. The second-order valence-electron chi connectivity index (χ2n) is 2.43. The maximum absolute atomic E-state index is 9.05. The molecule has 2 aromatic heterocycles. The van der Waals surface area contributed by atoms with E-state index in [2.05, 4.69) is 4.98 Å².